The molecule has 0 radical (unpaired) electrons. The highest BCUT2D eigenvalue weighted by atomic mass is 16.6. The summed E-state index contributed by atoms with van der Waals surface area (Å²) in [5.41, 5.74) is -0.838. The number of carbonyl (C=O) groups excluding carboxylic acids is 3. The predicted molar refractivity (Wildman–Crippen MR) is 123 cm³/mol. The van der Waals surface area contributed by atoms with E-state index in [2.05, 4.69) is 38.0 Å². The van der Waals surface area contributed by atoms with Crippen LogP contribution < -0.4 is 10.6 Å². The summed E-state index contributed by atoms with van der Waals surface area (Å²) in [5, 5.41) is 5.98. The Morgan fingerprint density at radius 1 is 1.09 bits per heavy atom. The highest BCUT2D eigenvalue weighted by Crippen LogP contribution is 2.45. The number of hydrogen-bond donors (Lipinski definition) is 2. The lowest BCUT2D eigenvalue weighted by atomic mass is 9.62. The van der Waals surface area contributed by atoms with Gasteiger partial charge in [-0.05, 0) is 64.7 Å². The van der Waals surface area contributed by atoms with Crippen LogP contribution in [0.5, 0.6) is 0 Å². The summed E-state index contributed by atoms with van der Waals surface area (Å²) in [4.78, 5) is 36.2. The topological polar surface area (TPSA) is 103 Å². The molecule has 0 aliphatic heterocycles. The van der Waals surface area contributed by atoms with Crippen molar-refractivity contribution in [1.29, 1.82) is 0 Å². The number of hydrogen-bond acceptors (Lipinski definition) is 6. The van der Waals surface area contributed by atoms with Crippen LogP contribution in [0.3, 0.4) is 0 Å². The van der Waals surface area contributed by atoms with Gasteiger partial charge in [-0.15, -0.1) is 0 Å². The molecular weight excluding hydrogens is 412 g/mol. The van der Waals surface area contributed by atoms with Gasteiger partial charge < -0.3 is 24.8 Å². The zero-order chi connectivity index (χ0) is 24.7. The third kappa shape index (κ3) is 9.59. The van der Waals surface area contributed by atoms with E-state index in [-0.39, 0.29) is 42.1 Å². The largest absolute Gasteiger partial charge is 0.459 e. The third-order valence-corrected chi connectivity index (χ3v) is 5.41. The van der Waals surface area contributed by atoms with Crippen LogP contribution in [0.4, 0.5) is 4.79 Å². The summed E-state index contributed by atoms with van der Waals surface area (Å²) >= 11 is 0. The standard InChI is InChI=1S/C24H42N2O6/c1-16(2)19(27)30-10-11-31-21(29)25-15-24(9)13-18(12-22(5,6)14-24)26-20(28)23(7,8)32-17(3)4/h17-18H,1,10-15H2,2-9H3,(H,25,29)(H,26,28). The van der Waals surface area contributed by atoms with Gasteiger partial charge >= 0.3 is 12.1 Å². The molecule has 2 amide bonds. The molecule has 1 aliphatic carbocycles. The molecule has 0 saturated heterocycles. The van der Waals surface area contributed by atoms with E-state index in [1.807, 2.05) is 13.8 Å². The monoisotopic (exact) mass is 454 g/mol. The van der Waals surface area contributed by atoms with Gasteiger partial charge in [-0.1, -0.05) is 27.4 Å². The highest BCUT2D eigenvalue weighted by molar-refractivity contribution is 5.87. The first-order chi connectivity index (χ1) is 14.6. The van der Waals surface area contributed by atoms with Crippen molar-refractivity contribution in [1.82, 2.24) is 10.6 Å². The molecule has 2 unspecified atom stereocenters. The van der Waals surface area contributed by atoms with E-state index in [1.165, 1.54) is 0 Å². The Labute approximate surface area is 192 Å². The molecule has 0 spiro atoms. The van der Waals surface area contributed by atoms with E-state index in [0.717, 1.165) is 19.3 Å². The fourth-order valence-corrected chi connectivity index (χ4v) is 4.60. The minimum atomic E-state index is -0.915. The highest BCUT2D eigenvalue weighted by Gasteiger charge is 2.43. The van der Waals surface area contributed by atoms with E-state index in [4.69, 9.17) is 14.2 Å². The SMILES string of the molecule is C=C(C)C(=O)OCCOC(=O)NCC1(C)CC(NC(=O)C(C)(C)OC(C)C)CC(C)(C)C1. The Morgan fingerprint density at radius 3 is 2.25 bits per heavy atom. The quantitative estimate of drug-likeness (QED) is 0.296. The molecule has 1 rings (SSSR count). The van der Waals surface area contributed by atoms with Gasteiger partial charge in [0, 0.05) is 18.2 Å². The molecular formula is C24H42N2O6. The van der Waals surface area contributed by atoms with Gasteiger partial charge in [-0.25, -0.2) is 9.59 Å². The molecule has 0 aromatic heterocycles. The molecule has 1 saturated carbocycles. The van der Waals surface area contributed by atoms with Gasteiger partial charge in [0.1, 0.15) is 18.8 Å². The zero-order valence-electron chi connectivity index (χ0n) is 21.1. The maximum Gasteiger partial charge on any atom is 0.407 e. The number of esters is 1. The van der Waals surface area contributed by atoms with Gasteiger partial charge in [0.25, 0.3) is 5.91 Å². The molecule has 0 heterocycles. The van der Waals surface area contributed by atoms with Crippen molar-refractivity contribution in [2.75, 3.05) is 19.8 Å². The van der Waals surface area contributed by atoms with E-state index < -0.39 is 17.7 Å². The molecule has 8 heteroatoms. The predicted octanol–water partition coefficient (Wildman–Crippen LogP) is 3.74. The fourth-order valence-electron chi connectivity index (χ4n) is 4.60. The smallest absolute Gasteiger partial charge is 0.407 e. The second-order valence-electron chi connectivity index (χ2n) is 10.8. The number of amides is 2. The average Bonchev–Trinajstić information content (AvgIpc) is 2.60. The summed E-state index contributed by atoms with van der Waals surface area (Å²) in [5.74, 6) is -0.644. The van der Waals surface area contributed by atoms with E-state index >= 15 is 0 Å². The van der Waals surface area contributed by atoms with Crippen molar-refractivity contribution in [2.24, 2.45) is 10.8 Å². The number of nitrogens with one attached hydrogen (secondary N) is 2. The van der Waals surface area contributed by atoms with E-state index in [1.54, 1.807) is 20.8 Å². The zero-order valence-corrected chi connectivity index (χ0v) is 21.1. The molecule has 184 valence electrons. The first kappa shape index (κ1) is 27.9. The maximum atomic E-state index is 12.8. The van der Waals surface area contributed by atoms with Gasteiger partial charge in [-0.3, -0.25) is 4.79 Å². The molecule has 32 heavy (non-hydrogen) atoms. The summed E-state index contributed by atoms with van der Waals surface area (Å²) in [6, 6.07) is -0.0225. The number of carbonyl (C=O) groups is 3. The lowest BCUT2D eigenvalue weighted by Gasteiger charge is -2.47. The molecule has 2 N–H and O–H groups in total. The van der Waals surface area contributed by atoms with Gasteiger partial charge in [0.2, 0.25) is 0 Å². The average molecular weight is 455 g/mol. The number of alkyl carbamates (subject to hydrolysis) is 1. The van der Waals surface area contributed by atoms with Crippen LogP contribution in [0, 0.1) is 10.8 Å². The Morgan fingerprint density at radius 2 is 1.69 bits per heavy atom. The van der Waals surface area contributed by atoms with Crippen LogP contribution in [-0.4, -0.2) is 55.5 Å². The number of rotatable bonds is 10. The minimum Gasteiger partial charge on any atom is -0.459 e. The van der Waals surface area contributed by atoms with Crippen molar-refractivity contribution in [3.05, 3.63) is 12.2 Å². The van der Waals surface area contributed by atoms with Crippen molar-refractivity contribution in [3.8, 4) is 0 Å². The lowest BCUT2D eigenvalue weighted by Crippen LogP contribution is -2.54. The van der Waals surface area contributed by atoms with Crippen LogP contribution >= 0.6 is 0 Å². The fraction of sp³-hybridized carbons (Fsp3) is 0.792. The van der Waals surface area contributed by atoms with Crippen LogP contribution in [0.25, 0.3) is 0 Å². The Kier molecular flexibility index (Phi) is 9.75. The molecule has 0 bridgehead atoms. The van der Waals surface area contributed by atoms with Gasteiger partial charge in [-0.2, -0.15) is 0 Å². The Bertz CT molecular complexity index is 701. The number of ether oxygens (including phenoxy) is 3. The van der Waals surface area contributed by atoms with Crippen molar-refractivity contribution < 1.29 is 28.6 Å². The summed E-state index contributed by atoms with van der Waals surface area (Å²) in [6.07, 6.45) is 1.87. The molecule has 0 aromatic carbocycles. The second kappa shape index (κ2) is 11.2. The van der Waals surface area contributed by atoms with Crippen molar-refractivity contribution in [2.45, 2.75) is 92.4 Å². The molecule has 1 fully saturated rings. The van der Waals surface area contributed by atoms with Crippen LogP contribution in [-0.2, 0) is 23.8 Å². The van der Waals surface area contributed by atoms with Gasteiger partial charge in [0.15, 0.2) is 0 Å². The van der Waals surface area contributed by atoms with Crippen molar-refractivity contribution >= 4 is 18.0 Å². The Balaban J connectivity index is 2.60. The summed E-state index contributed by atoms with van der Waals surface area (Å²) in [6.45, 7) is 19.2. The van der Waals surface area contributed by atoms with Gasteiger partial charge in [0.05, 0.1) is 6.10 Å². The molecule has 0 aromatic rings. The Hall–Kier alpha value is -2.09. The summed E-state index contributed by atoms with van der Waals surface area (Å²) < 4.78 is 15.8. The van der Waals surface area contributed by atoms with Crippen LogP contribution in [0.15, 0.2) is 12.2 Å². The van der Waals surface area contributed by atoms with Crippen LogP contribution in [0.2, 0.25) is 0 Å². The van der Waals surface area contributed by atoms with E-state index in [0.29, 0.717) is 12.1 Å². The van der Waals surface area contributed by atoms with Crippen LogP contribution in [0.1, 0.15) is 74.7 Å². The minimum absolute atomic E-state index is 0.00364. The third-order valence-electron chi connectivity index (χ3n) is 5.41. The molecule has 2 atom stereocenters. The molecule has 8 nitrogen and oxygen atoms in total. The molecule has 1 aliphatic rings. The van der Waals surface area contributed by atoms with Crippen molar-refractivity contribution in [3.63, 3.8) is 0 Å². The lowest BCUT2D eigenvalue weighted by molar-refractivity contribution is -0.149. The first-order valence-corrected chi connectivity index (χ1v) is 11.3. The van der Waals surface area contributed by atoms with E-state index in [9.17, 15) is 14.4 Å². The summed E-state index contributed by atoms with van der Waals surface area (Å²) in [7, 11) is 0. The second-order valence-corrected chi connectivity index (χ2v) is 10.8. The normalized spacial score (nSPS) is 22.7. The first-order valence-electron chi connectivity index (χ1n) is 11.3. The maximum absolute atomic E-state index is 12.8.